The Balaban J connectivity index is 2.58. The van der Waals surface area contributed by atoms with Gasteiger partial charge in [0.15, 0.2) is 11.6 Å². The molecule has 1 amide bonds. The van der Waals surface area contributed by atoms with E-state index in [9.17, 15) is 9.18 Å². The van der Waals surface area contributed by atoms with Crippen molar-refractivity contribution < 1.29 is 13.9 Å². The van der Waals surface area contributed by atoms with Crippen LogP contribution in [0.15, 0.2) is 18.2 Å². The predicted molar refractivity (Wildman–Crippen MR) is 55.1 cm³/mol. The number of aryl methyl sites for hydroxylation is 1. The van der Waals surface area contributed by atoms with E-state index in [4.69, 9.17) is 10.5 Å². The zero-order chi connectivity index (χ0) is 11.3. The predicted octanol–water partition coefficient (Wildman–Crippen LogP) is 1.64. The second-order valence-corrected chi connectivity index (χ2v) is 3.29. The lowest BCUT2D eigenvalue weighted by Crippen LogP contribution is -2.10. The molecule has 0 spiro atoms. The third-order valence-corrected chi connectivity index (χ3v) is 2.10. The van der Waals surface area contributed by atoms with Gasteiger partial charge < -0.3 is 10.5 Å². The number of amides is 1. The van der Waals surface area contributed by atoms with Crippen LogP contribution in [0.4, 0.5) is 4.39 Å². The lowest BCUT2D eigenvalue weighted by atomic mass is 10.1. The van der Waals surface area contributed by atoms with E-state index in [-0.39, 0.29) is 17.5 Å². The van der Waals surface area contributed by atoms with Gasteiger partial charge in [-0.3, -0.25) is 4.79 Å². The third-order valence-electron chi connectivity index (χ3n) is 2.10. The molecule has 0 aliphatic heterocycles. The minimum Gasteiger partial charge on any atom is -0.494 e. The van der Waals surface area contributed by atoms with Crippen LogP contribution < -0.4 is 10.5 Å². The van der Waals surface area contributed by atoms with Crippen LogP contribution in [0, 0.1) is 5.82 Å². The number of benzene rings is 1. The van der Waals surface area contributed by atoms with E-state index in [2.05, 4.69) is 0 Å². The number of rotatable bonds is 5. The van der Waals surface area contributed by atoms with Crippen molar-refractivity contribution in [3.05, 3.63) is 29.6 Å². The van der Waals surface area contributed by atoms with Crippen molar-refractivity contribution in [3.63, 3.8) is 0 Å². The van der Waals surface area contributed by atoms with Gasteiger partial charge in [-0.25, -0.2) is 4.39 Å². The second kappa shape index (κ2) is 5.34. The zero-order valence-corrected chi connectivity index (χ0v) is 8.63. The number of ether oxygens (including phenoxy) is 1. The molecule has 15 heavy (non-hydrogen) atoms. The molecule has 1 rings (SSSR count). The fourth-order valence-corrected chi connectivity index (χ4v) is 1.33. The zero-order valence-electron chi connectivity index (χ0n) is 8.63. The average molecular weight is 211 g/mol. The summed E-state index contributed by atoms with van der Waals surface area (Å²) in [7, 11) is 1.42. The lowest BCUT2D eigenvalue weighted by molar-refractivity contribution is -0.118. The smallest absolute Gasteiger partial charge is 0.217 e. The number of carbonyl (C=O) groups is 1. The summed E-state index contributed by atoms with van der Waals surface area (Å²) in [6, 6.07) is 4.67. The molecule has 0 saturated carbocycles. The van der Waals surface area contributed by atoms with E-state index in [1.54, 1.807) is 12.1 Å². The van der Waals surface area contributed by atoms with Crippen molar-refractivity contribution >= 4 is 5.91 Å². The topological polar surface area (TPSA) is 52.3 Å². The Bertz CT molecular complexity index is 352. The van der Waals surface area contributed by atoms with Crippen LogP contribution in [0.3, 0.4) is 0 Å². The highest BCUT2D eigenvalue weighted by Gasteiger charge is 2.03. The number of methoxy groups -OCH3 is 1. The van der Waals surface area contributed by atoms with E-state index >= 15 is 0 Å². The van der Waals surface area contributed by atoms with Crippen molar-refractivity contribution in [3.8, 4) is 5.75 Å². The van der Waals surface area contributed by atoms with Crippen LogP contribution in [-0.4, -0.2) is 13.0 Å². The van der Waals surface area contributed by atoms with Crippen LogP contribution in [-0.2, 0) is 11.2 Å². The molecule has 0 radical (unpaired) electrons. The van der Waals surface area contributed by atoms with Gasteiger partial charge in [-0.05, 0) is 30.5 Å². The largest absolute Gasteiger partial charge is 0.494 e. The molecule has 0 fully saturated rings. The van der Waals surface area contributed by atoms with Gasteiger partial charge in [0.05, 0.1) is 7.11 Å². The Hall–Kier alpha value is -1.58. The summed E-state index contributed by atoms with van der Waals surface area (Å²) in [4.78, 5) is 10.5. The lowest BCUT2D eigenvalue weighted by Gasteiger charge is -2.05. The summed E-state index contributed by atoms with van der Waals surface area (Å²) < 4.78 is 17.9. The van der Waals surface area contributed by atoms with Crippen LogP contribution in [0.1, 0.15) is 18.4 Å². The number of nitrogens with two attached hydrogens (primary N) is 1. The molecule has 1 aromatic rings. The normalized spacial score (nSPS) is 10.0. The molecule has 4 heteroatoms. The van der Waals surface area contributed by atoms with Gasteiger partial charge >= 0.3 is 0 Å². The molecular formula is C11H14FNO2. The van der Waals surface area contributed by atoms with E-state index in [1.807, 2.05) is 0 Å². The van der Waals surface area contributed by atoms with Gasteiger partial charge in [-0.1, -0.05) is 6.07 Å². The number of carbonyl (C=O) groups excluding carboxylic acids is 1. The van der Waals surface area contributed by atoms with E-state index in [0.717, 1.165) is 5.56 Å². The van der Waals surface area contributed by atoms with Gasteiger partial charge in [-0.2, -0.15) is 0 Å². The summed E-state index contributed by atoms with van der Waals surface area (Å²) in [6.07, 6.45) is 1.71. The minimum absolute atomic E-state index is 0.228. The van der Waals surface area contributed by atoms with E-state index in [0.29, 0.717) is 19.3 Å². The molecule has 0 bridgehead atoms. The maximum Gasteiger partial charge on any atom is 0.217 e. The van der Waals surface area contributed by atoms with Crippen LogP contribution in [0.25, 0.3) is 0 Å². The highest BCUT2D eigenvalue weighted by molar-refractivity contribution is 5.73. The maximum absolute atomic E-state index is 13.0. The average Bonchev–Trinajstić information content (AvgIpc) is 2.20. The Morgan fingerprint density at radius 1 is 1.53 bits per heavy atom. The summed E-state index contributed by atoms with van der Waals surface area (Å²) in [5.74, 6) is -0.466. The summed E-state index contributed by atoms with van der Waals surface area (Å²) >= 11 is 0. The van der Waals surface area contributed by atoms with Crippen molar-refractivity contribution in [1.82, 2.24) is 0 Å². The first-order valence-corrected chi connectivity index (χ1v) is 4.74. The molecule has 0 aliphatic carbocycles. The molecule has 0 atom stereocenters. The Labute approximate surface area is 88.0 Å². The van der Waals surface area contributed by atoms with Gasteiger partial charge in [0.25, 0.3) is 0 Å². The van der Waals surface area contributed by atoms with Gasteiger partial charge in [-0.15, -0.1) is 0 Å². The fourth-order valence-electron chi connectivity index (χ4n) is 1.33. The first-order valence-electron chi connectivity index (χ1n) is 4.74. The quantitative estimate of drug-likeness (QED) is 0.805. The highest BCUT2D eigenvalue weighted by atomic mass is 19.1. The summed E-state index contributed by atoms with van der Waals surface area (Å²) in [6.45, 7) is 0. The summed E-state index contributed by atoms with van der Waals surface area (Å²) in [5.41, 5.74) is 5.95. The standard InChI is InChI=1S/C11H14FNO2/c1-15-10-7-8(5-6-9(10)12)3-2-4-11(13)14/h5-7H,2-4H2,1H3,(H2,13,14). The molecule has 0 saturated heterocycles. The van der Waals surface area contributed by atoms with Crippen molar-refractivity contribution in [2.24, 2.45) is 5.73 Å². The van der Waals surface area contributed by atoms with E-state index in [1.165, 1.54) is 13.2 Å². The molecule has 2 N–H and O–H groups in total. The molecule has 1 aromatic carbocycles. The van der Waals surface area contributed by atoms with Crippen LogP contribution >= 0.6 is 0 Å². The molecular weight excluding hydrogens is 197 g/mol. The van der Waals surface area contributed by atoms with Crippen LogP contribution in [0.2, 0.25) is 0 Å². The molecule has 0 aromatic heterocycles. The maximum atomic E-state index is 13.0. The van der Waals surface area contributed by atoms with Gasteiger partial charge in [0, 0.05) is 6.42 Å². The number of hydrogen-bond acceptors (Lipinski definition) is 2. The van der Waals surface area contributed by atoms with Gasteiger partial charge in [0.2, 0.25) is 5.91 Å². The van der Waals surface area contributed by atoms with Crippen molar-refractivity contribution in [1.29, 1.82) is 0 Å². The molecule has 3 nitrogen and oxygen atoms in total. The van der Waals surface area contributed by atoms with Crippen molar-refractivity contribution in [2.45, 2.75) is 19.3 Å². The molecule has 0 heterocycles. The van der Waals surface area contributed by atoms with Crippen LogP contribution in [0.5, 0.6) is 5.75 Å². The Morgan fingerprint density at radius 2 is 2.27 bits per heavy atom. The van der Waals surface area contributed by atoms with Crippen molar-refractivity contribution in [2.75, 3.05) is 7.11 Å². The first-order chi connectivity index (χ1) is 7.13. The molecule has 82 valence electrons. The highest BCUT2D eigenvalue weighted by Crippen LogP contribution is 2.19. The Kier molecular flexibility index (Phi) is 4.09. The minimum atomic E-state index is -0.379. The number of hydrogen-bond donors (Lipinski definition) is 1. The third kappa shape index (κ3) is 3.58. The second-order valence-electron chi connectivity index (χ2n) is 3.29. The number of halogens is 1. The SMILES string of the molecule is COc1cc(CCCC(N)=O)ccc1F. The first kappa shape index (κ1) is 11.5. The van der Waals surface area contributed by atoms with E-state index < -0.39 is 0 Å². The molecule has 0 unspecified atom stereocenters. The monoisotopic (exact) mass is 211 g/mol. The Morgan fingerprint density at radius 3 is 2.87 bits per heavy atom. The fraction of sp³-hybridized carbons (Fsp3) is 0.364. The number of primary amides is 1. The molecule has 0 aliphatic rings. The van der Waals surface area contributed by atoms with Gasteiger partial charge in [0.1, 0.15) is 0 Å². The summed E-state index contributed by atoms with van der Waals surface area (Å²) in [5, 5.41) is 0.